The number of hydrogen-bond acceptors (Lipinski definition) is 5. The predicted molar refractivity (Wildman–Crippen MR) is 92.7 cm³/mol. The Bertz CT molecular complexity index is 697. The highest BCUT2D eigenvalue weighted by molar-refractivity contribution is 7.09. The van der Waals surface area contributed by atoms with Crippen molar-refractivity contribution in [1.29, 1.82) is 0 Å². The van der Waals surface area contributed by atoms with Gasteiger partial charge in [0.15, 0.2) is 0 Å². The summed E-state index contributed by atoms with van der Waals surface area (Å²) in [7, 11) is 0. The normalized spacial score (nSPS) is 11.8. The van der Waals surface area contributed by atoms with Gasteiger partial charge in [0, 0.05) is 17.8 Å². The van der Waals surface area contributed by atoms with Gasteiger partial charge in [-0.05, 0) is 26.0 Å². The first-order valence-electron chi connectivity index (χ1n) is 7.63. The number of amides is 2. The summed E-state index contributed by atoms with van der Waals surface area (Å²) in [5.41, 5.74) is 6.96. The number of carbonyl (C=O) groups excluding carboxylic acids is 2. The van der Waals surface area contributed by atoms with Gasteiger partial charge in [-0.25, -0.2) is 4.98 Å². The van der Waals surface area contributed by atoms with Crippen molar-refractivity contribution in [2.45, 2.75) is 39.3 Å². The van der Waals surface area contributed by atoms with Gasteiger partial charge in [-0.2, -0.15) is 0 Å². The molecule has 0 radical (unpaired) electrons. The lowest BCUT2D eigenvalue weighted by atomic mass is 10.2. The number of hydrogen-bond donors (Lipinski definition) is 2. The van der Waals surface area contributed by atoms with Gasteiger partial charge in [0.1, 0.15) is 17.4 Å². The standard InChI is InChI=1S/C17H21N3O3S/c1-11-3-5-14(6-4-11)23-9-17-20-13(10-24-17)8-16(22)19-12(2)7-15(18)21/h3-6,10,12H,7-9H2,1-2H3,(H2,18,21)(H,19,22). The van der Waals surface area contributed by atoms with E-state index >= 15 is 0 Å². The fraction of sp³-hybridized carbons (Fsp3) is 0.353. The van der Waals surface area contributed by atoms with Crippen LogP contribution in [0.3, 0.4) is 0 Å². The average Bonchev–Trinajstić information content (AvgIpc) is 2.93. The smallest absolute Gasteiger partial charge is 0.226 e. The summed E-state index contributed by atoms with van der Waals surface area (Å²) in [6, 6.07) is 7.52. The van der Waals surface area contributed by atoms with Crippen LogP contribution in [0.5, 0.6) is 5.75 Å². The van der Waals surface area contributed by atoms with E-state index in [2.05, 4.69) is 10.3 Å². The molecule has 2 aromatic rings. The third-order valence-electron chi connectivity index (χ3n) is 3.24. The van der Waals surface area contributed by atoms with E-state index in [1.54, 1.807) is 6.92 Å². The number of nitrogens with two attached hydrogens (primary N) is 1. The van der Waals surface area contributed by atoms with Gasteiger partial charge in [0.05, 0.1) is 12.1 Å². The lowest BCUT2D eigenvalue weighted by Crippen LogP contribution is -2.36. The Balaban J connectivity index is 1.81. The number of aryl methyl sites for hydroxylation is 1. The topological polar surface area (TPSA) is 94.3 Å². The first-order chi connectivity index (χ1) is 11.4. The van der Waals surface area contributed by atoms with Crippen LogP contribution < -0.4 is 15.8 Å². The second-order valence-electron chi connectivity index (χ2n) is 5.65. The van der Waals surface area contributed by atoms with Crippen LogP contribution in [0.15, 0.2) is 29.6 Å². The molecule has 6 nitrogen and oxygen atoms in total. The molecule has 1 unspecified atom stereocenters. The molecule has 24 heavy (non-hydrogen) atoms. The molecule has 2 amide bonds. The largest absolute Gasteiger partial charge is 0.486 e. The van der Waals surface area contributed by atoms with Gasteiger partial charge in [0.2, 0.25) is 11.8 Å². The van der Waals surface area contributed by atoms with Gasteiger partial charge in [-0.1, -0.05) is 17.7 Å². The van der Waals surface area contributed by atoms with Crippen molar-refractivity contribution in [3.05, 3.63) is 45.9 Å². The summed E-state index contributed by atoms with van der Waals surface area (Å²) in [5, 5.41) is 5.37. The highest BCUT2D eigenvalue weighted by Gasteiger charge is 2.12. The third-order valence-corrected chi connectivity index (χ3v) is 4.11. The fourth-order valence-corrected chi connectivity index (χ4v) is 2.82. The van der Waals surface area contributed by atoms with Crippen molar-refractivity contribution >= 4 is 23.2 Å². The van der Waals surface area contributed by atoms with Gasteiger partial charge in [-0.15, -0.1) is 11.3 Å². The van der Waals surface area contributed by atoms with E-state index in [9.17, 15) is 9.59 Å². The van der Waals surface area contributed by atoms with Crippen LogP contribution in [0.25, 0.3) is 0 Å². The molecular formula is C17H21N3O3S. The van der Waals surface area contributed by atoms with Crippen molar-refractivity contribution < 1.29 is 14.3 Å². The molecule has 1 heterocycles. The van der Waals surface area contributed by atoms with Crippen LogP contribution in [0, 0.1) is 6.92 Å². The number of nitrogens with one attached hydrogen (secondary N) is 1. The number of rotatable bonds is 8. The molecule has 128 valence electrons. The zero-order chi connectivity index (χ0) is 17.5. The maximum atomic E-state index is 11.9. The van der Waals surface area contributed by atoms with E-state index in [0.717, 1.165) is 10.8 Å². The third kappa shape index (κ3) is 6.00. The molecule has 0 spiro atoms. The predicted octanol–water partition coefficient (Wildman–Crippen LogP) is 1.95. The monoisotopic (exact) mass is 347 g/mol. The Kier molecular flexibility index (Phi) is 6.31. The molecular weight excluding hydrogens is 326 g/mol. The zero-order valence-corrected chi connectivity index (χ0v) is 14.6. The van der Waals surface area contributed by atoms with Crippen LogP contribution in [-0.4, -0.2) is 22.8 Å². The molecule has 0 bridgehead atoms. The molecule has 0 saturated heterocycles. The van der Waals surface area contributed by atoms with Gasteiger partial charge < -0.3 is 15.8 Å². The number of aromatic nitrogens is 1. The first-order valence-corrected chi connectivity index (χ1v) is 8.50. The number of benzene rings is 1. The maximum absolute atomic E-state index is 11.9. The minimum atomic E-state index is -0.438. The van der Waals surface area contributed by atoms with Crippen LogP contribution in [0.1, 0.15) is 29.6 Å². The summed E-state index contributed by atoms with van der Waals surface area (Å²) in [6.45, 7) is 4.13. The fourth-order valence-electron chi connectivity index (χ4n) is 2.12. The number of ether oxygens (including phenoxy) is 1. The van der Waals surface area contributed by atoms with E-state index < -0.39 is 5.91 Å². The molecule has 1 aromatic carbocycles. The summed E-state index contributed by atoms with van der Waals surface area (Å²) in [4.78, 5) is 27.1. The molecule has 7 heteroatoms. The number of nitrogens with zero attached hydrogens (tertiary/aromatic N) is 1. The Morgan fingerprint density at radius 2 is 2.04 bits per heavy atom. The van der Waals surface area contributed by atoms with Crippen molar-refractivity contribution in [2.24, 2.45) is 5.73 Å². The SMILES string of the molecule is Cc1ccc(OCc2nc(CC(=O)NC(C)CC(N)=O)cs2)cc1. The second-order valence-corrected chi connectivity index (χ2v) is 6.59. The lowest BCUT2D eigenvalue weighted by Gasteiger charge is -2.11. The highest BCUT2D eigenvalue weighted by Crippen LogP contribution is 2.16. The molecule has 0 fully saturated rings. The van der Waals surface area contributed by atoms with Gasteiger partial charge in [0.25, 0.3) is 0 Å². The Hall–Kier alpha value is -2.41. The molecule has 1 aromatic heterocycles. The van der Waals surface area contributed by atoms with Gasteiger partial charge in [-0.3, -0.25) is 9.59 Å². The Morgan fingerprint density at radius 3 is 2.71 bits per heavy atom. The van der Waals surface area contributed by atoms with Crippen molar-refractivity contribution in [2.75, 3.05) is 0 Å². The molecule has 0 aliphatic heterocycles. The van der Waals surface area contributed by atoms with E-state index in [4.69, 9.17) is 10.5 Å². The maximum Gasteiger partial charge on any atom is 0.226 e. The zero-order valence-electron chi connectivity index (χ0n) is 13.7. The van der Waals surface area contributed by atoms with E-state index in [1.807, 2.05) is 36.6 Å². The van der Waals surface area contributed by atoms with Gasteiger partial charge >= 0.3 is 0 Å². The van der Waals surface area contributed by atoms with E-state index in [0.29, 0.717) is 12.3 Å². The molecule has 1 atom stereocenters. The lowest BCUT2D eigenvalue weighted by molar-refractivity contribution is -0.121. The molecule has 0 saturated carbocycles. The van der Waals surface area contributed by atoms with E-state index in [-0.39, 0.29) is 24.8 Å². The average molecular weight is 347 g/mol. The van der Waals surface area contributed by atoms with Crippen molar-refractivity contribution in [3.8, 4) is 5.75 Å². The summed E-state index contributed by atoms with van der Waals surface area (Å²) < 4.78 is 5.67. The molecule has 0 aliphatic carbocycles. The summed E-state index contributed by atoms with van der Waals surface area (Å²) >= 11 is 1.45. The van der Waals surface area contributed by atoms with Crippen LogP contribution in [-0.2, 0) is 22.6 Å². The molecule has 3 N–H and O–H groups in total. The van der Waals surface area contributed by atoms with Crippen LogP contribution >= 0.6 is 11.3 Å². The van der Waals surface area contributed by atoms with Crippen LogP contribution in [0.4, 0.5) is 0 Å². The first kappa shape index (κ1) is 17.9. The van der Waals surface area contributed by atoms with E-state index in [1.165, 1.54) is 16.9 Å². The number of primary amides is 1. The summed E-state index contributed by atoms with van der Waals surface area (Å²) in [6.07, 6.45) is 0.294. The number of carbonyl (C=O) groups is 2. The van der Waals surface area contributed by atoms with Crippen molar-refractivity contribution in [1.82, 2.24) is 10.3 Å². The minimum absolute atomic E-state index is 0.123. The Morgan fingerprint density at radius 1 is 1.33 bits per heavy atom. The minimum Gasteiger partial charge on any atom is -0.486 e. The Labute approximate surface area is 145 Å². The van der Waals surface area contributed by atoms with Crippen molar-refractivity contribution in [3.63, 3.8) is 0 Å². The molecule has 0 aliphatic rings. The quantitative estimate of drug-likeness (QED) is 0.763. The highest BCUT2D eigenvalue weighted by atomic mass is 32.1. The number of thiazole rings is 1. The second kappa shape index (κ2) is 8.44. The summed E-state index contributed by atoms with van der Waals surface area (Å²) in [5.74, 6) is 0.169. The van der Waals surface area contributed by atoms with Crippen LogP contribution in [0.2, 0.25) is 0 Å². The molecule has 2 rings (SSSR count).